The van der Waals surface area contributed by atoms with Crippen molar-refractivity contribution in [1.82, 2.24) is 9.88 Å². The van der Waals surface area contributed by atoms with Gasteiger partial charge in [-0.15, -0.1) is 0 Å². The summed E-state index contributed by atoms with van der Waals surface area (Å²) in [4.78, 5) is 24.2. The van der Waals surface area contributed by atoms with Crippen LogP contribution in [-0.4, -0.2) is 27.7 Å². The molecule has 0 unspecified atom stereocenters. The van der Waals surface area contributed by atoms with Crippen LogP contribution >= 0.6 is 11.6 Å². The van der Waals surface area contributed by atoms with Gasteiger partial charge in [-0.1, -0.05) is 61.3 Å². The number of ether oxygens (including phenoxy) is 1. The number of halogens is 1. The quantitative estimate of drug-likeness (QED) is 0.215. The normalized spacial score (nSPS) is 11.9. The fraction of sp³-hybridized carbons (Fsp3) is 0.312. The van der Waals surface area contributed by atoms with Crippen LogP contribution < -0.4 is 10.1 Å². The summed E-state index contributed by atoms with van der Waals surface area (Å²) < 4.78 is 7.64. The maximum atomic E-state index is 13.0. The lowest BCUT2D eigenvalue weighted by molar-refractivity contribution is -0.144. The van der Waals surface area contributed by atoms with Crippen LogP contribution in [0, 0.1) is 6.92 Å². The molecule has 39 heavy (non-hydrogen) atoms. The molecule has 0 aliphatic rings. The maximum Gasteiger partial charge on any atom is 0.344 e. The molecule has 7 heteroatoms. The zero-order valence-electron chi connectivity index (χ0n) is 22.9. The van der Waals surface area contributed by atoms with E-state index in [0.717, 1.165) is 39.7 Å². The van der Waals surface area contributed by atoms with Crippen molar-refractivity contribution >= 4 is 34.4 Å². The van der Waals surface area contributed by atoms with Crippen LogP contribution in [0.3, 0.4) is 0 Å². The monoisotopic (exact) mass is 546 g/mol. The third-order valence-corrected chi connectivity index (χ3v) is 7.52. The smallest absolute Gasteiger partial charge is 0.344 e. The van der Waals surface area contributed by atoms with Crippen LogP contribution in [0.4, 0.5) is 0 Å². The number of nitrogens with zero attached hydrogens (tertiary/aromatic N) is 1. The first-order chi connectivity index (χ1) is 18.7. The molecule has 0 bridgehead atoms. The number of rotatable bonds is 11. The van der Waals surface area contributed by atoms with Crippen molar-refractivity contribution in [3.05, 3.63) is 99.2 Å². The van der Waals surface area contributed by atoms with Crippen LogP contribution in [0.25, 0.3) is 10.9 Å². The molecule has 1 atom stereocenters. The number of hydrogen-bond donors (Lipinski definition) is 2. The zero-order valence-corrected chi connectivity index (χ0v) is 23.6. The highest BCUT2D eigenvalue weighted by Gasteiger charge is 2.18. The topological polar surface area (TPSA) is 80.6 Å². The predicted octanol–water partition coefficient (Wildman–Crippen LogP) is 6.86. The van der Waals surface area contributed by atoms with Gasteiger partial charge in [0.2, 0.25) is 0 Å². The first-order valence-corrected chi connectivity index (χ1v) is 13.7. The minimum atomic E-state index is -1.05. The lowest BCUT2D eigenvalue weighted by atomic mass is 10.0. The van der Waals surface area contributed by atoms with Crippen molar-refractivity contribution in [3.8, 4) is 5.75 Å². The van der Waals surface area contributed by atoms with E-state index in [0.29, 0.717) is 29.3 Å². The third-order valence-electron chi connectivity index (χ3n) is 7.21. The van der Waals surface area contributed by atoms with Crippen molar-refractivity contribution in [2.24, 2.45) is 7.05 Å². The molecule has 1 aromatic heterocycles. The second-order valence-electron chi connectivity index (χ2n) is 10.00. The third kappa shape index (κ3) is 6.63. The number of carbonyl (C=O) groups excluding carboxylic acids is 1. The number of aryl methyl sites for hydroxylation is 2. The molecule has 0 aliphatic heterocycles. The van der Waals surface area contributed by atoms with Crippen LogP contribution in [0.1, 0.15) is 65.0 Å². The van der Waals surface area contributed by atoms with Gasteiger partial charge in [-0.2, -0.15) is 0 Å². The van der Waals surface area contributed by atoms with Gasteiger partial charge in [0.25, 0.3) is 5.91 Å². The largest absolute Gasteiger partial charge is 0.479 e. The average molecular weight is 547 g/mol. The van der Waals surface area contributed by atoms with Gasteiger partial charge in [0.15, 0.2) is 6.10 Å². The fourth-order valence-corrected chi connectivity index (χ4v) is 4.85. The Balaban J connectivity index is 1.50. The van der Waals surface area contributed by atoms with E-state index in [1.807, 2.05) is 31.3 Å². The van der Waals surface area contributed by atoms with Gasteiger partial charge in [-0.05, 0) is 79.6 Å². The average Bonchev–Trinajstić information content (AvgIpc) is 3.17. The summed E-state index contributed by atoms with van der Waals surface area (Å²) in [5.74, 6) is -0.822. The number of hydrogen-bond acceptors (Lipinski definition) is 3. The van der Waals surface area contributed by atoms with E-state index in [1.54, 1.807) is 12.1 Å². The number of benzene rings is 3. The molecule has 0 spiro atoms. The van der Waals surface area contributed by atoms with Crippen molar-refractivity contribution in [3.63, 3.8) is 0 Å². The highest BCUT2D eigenvalue weighted by molar-refractivity contribution is 6.32. The highest BCUT2D eigenvalue weighted by atomic mass is 35.5. The number of fused-ring (bicyclic) bond motifs is 1. The van der Waals surface area contributed by atoms with Crippen molar-refractivity contribution in [2.45, 2.75) is 59.1 Å². The van der Waals surface area contributed by atoms with Gasteiger partial charge < -0.3 is 19.7 Å². The Hall–Kier alpha value is -3.77. The number of unbranched alkanes of at least 4 members (excludes halogenated alkanes) is 1. The second kappa shape index (κ2) is 12.4. The lowest BCUT2D eigenvalue weighted by Gasteiger charge is -2.13. The molecule has 2 N–H and O–H groups in total. The first-order valence-electron chi connectivity index (χ1n) is 13.3. The molecule has 4 rings (SSSR count). The Labute approximate surface area is 234 Å². The van der Waals surface area contributed by atoms with Gasteiger partial charge >= 0.3 is 5.97 Å². The van der Waals surface area contributed by atoms with E-state index in [9.17, 15) is 14.7 Å². The summed E-state index contributed by atoms with van der Waals surface area (Å²) in [5, 5.41) is 13.7. The zero-order chi connectivity index (χ0) is 28.1. The van der Waals surface area contributed by atoms with Gasteiger partial charge in [0, 0.05) is 35.8 Å². The van der Waals surface area contributed by atoms with Gasteiger partial charge in [-0.25, -0.2) is 4.79 Å². The van der Waals surface area contributed by atoms with Crippen LogP contribution in [0.5, 0.6) is 5.75 Å². The van der Waals surface area contributed by atoms with E-state index in [2.05, 4.69) is 48.0 Å². The predicted molar refractivity (Wildman–Crippen MR) is 156 cm³/mol. The fourth-order valence-electron chi connectivity index (χ4n) is 4.69. The number of carbonyl (C=O) groups is 2. The summed E-state index contributed by atoms with van der Waals surface area (Å²) in [6, 6.07) is 19.7. The minimum absolute atomic E-state index is 0.112. The van der Waals surface area contributed by atoms with E-state index in [4.69, 9.17) is 16.3 Å². The Morgan fingerprint density at radius 1 is 1.03 bits per heavy atom. The minimum Gasteiger partial charge on any atom is -0.479 e. The summed E-state index contributed by atoms with van der Waals surface area (Å²) in [6.45, 7) is 6.19. The molecule has 0 aliphatic carbocycles. The van der Waals surface area contributed by atoms with E-state index < -0.39 is 12.1 Å². The molecule has 0 fully saturated rings. The summed E-state index contributed by atoms with van der Waals surface area (Å²) in [6.07, 6.45) is 3.04. The molecule has 1 amide bonds. The number of amides is 1. The Morgan fingerprint density at radius 2 is 1.72 bits per heavy atom. The Bertz CT molecular complexity index is 1490. The van der Waals surface area contributed by atoms with E-state index >= 15 is 0 Å². The molecule has 1 heterocycles. The van der Waals surface area contributed by atoms with Crippen LogP contribution in [0.2, 0.25) is 5.02 Å². The number of nitrogens with one attached hydrogen (secondary N) is 1. The highest BCUT2D eigenvalue weighted by Crippen LogP contribution is 2.31. The molecule has 6 nitrogen and oxygen atoms in total. The summed E-state index contributed by atoms with van der Waals surface area (Å²) in [5.41, 5.74) is 7.14. The molecule has 0 saturated carbocycles. The molecule has 0 radical (unpaired) electrons. The lowest BCUT2D eigenvalue weighted by Crippen LogP contribution is -2.23. The number of aromatic nitrogens is 1. The standard InChI is InChI=1S/C32H35ClN2O4/c1-5-6-7-22-8-10-23(11-9-22)19-34-31(36)25-13-14-26-27(20(2)35(4)29(26)18-25)16-24-12-15-28(33)30(17-24)39-21(3)32(37)38/h8-15,17-18,21H,5-7,16,19H2,1-4H3,(H,34,36)(H,37,38)/t21-/m1/s1. The molecule has 204 valence electrons. The Kier molecular flexibility index (Phi) is 8.97. The molecule has 0 saturated heterocycles. The molecule has 3 aromatic carbocycles. The van der Waals surface area contributed by atoms with E-state index in [1.165, 1.54) is 25.3 Å². The van der Waals surface area contributed by atoms with Crippen molar-refractivity contribution in [1.29, 1.82) is 0 Å². The van der Waals surface area contributed by atoms with Gasteiger partial charge in [-0.3, -0.25) is 4.79 Å². The van der Waals surface area contributed by atoms with Gasteiger partial charge in [0.1, 0.15) is 5.75 Å². The molecular formula is C32H35ClN2O4. The number of aliphatic carboxylic acids is 1. The van der Waals surface area contributed by atoms with Crippen molar-refractivity contribution < 1.29 is 19.4 Å². The number of carboxylic acid groups (broad SMARTS) is 1. The van der Waals surface area contributed by atoms with Crippen LogP contribution in [0.15, 0.2) is 60.7 Å². The SMILES string of the molecule is CCCCc1ccc(CNC(=O)c2ccc3c(Cc4ccc(Cl)c(O[C@H](C)C(=O)O)c4)c(C)n(C)c3c2)cc1. The van der Waals surface area contributed by atoms with Gasteiger partial charge in [0.05, 0.1) is 5.02 Å². The summed E-state index contributed by atoms with van der Waals surface area (Å²) >= 11 is 6.26. The van der Waals surface area contributed by atoms with E-state index in [-0.39, 0.29) is 5.91 Å². The first kappa shape index (κ1) is 28.2. The molecule has 4 aromatic rings. The van der Waals surface area contributed by atoms with Crippen molar-refractivity contribution in [2.75, 3.05) is 0 Å². The second-order valence-corrected chi connectivity index (χ2v) is 10.4. The Morgan fingerprint density at radius 3 is 2.41 bits per heavy atom. The summed E-state index contributed by atoms with van der Waals surface area (Å²) in [7, 11) is 1.99. The maximum absolute atomic E-state index is 13.0. The number of carboxylic acids is 1. The molecular weight excluding hydrogens is 512 g/mol. The van der Waals surface area contributed by atoms with Crippen LogP contribution in [-0.2, 0) is 31.2 Å².